The molecule has 8 amide bonds. The van der Waals surface area contributed by atoms with Gasteiger partial charge < -0.3 is 29.5 Å². The number of ether oxygens (including phenoxy) is 1. The molecule has 36 heavy (non-hydrogen) atoms. The maximum atomic E-state index is 12.5. The summed E-state index contributed by atoms with van der Waals surface area (Å²) < 4.78 is 3.97. The van der Waals surface area contributed by atoms with Crippen LogP contribution in [0.1, 0.15) is 6.42 Å². The summed E-state index contributed by atoms with van der Waals surface area (Å²) in [7, 11) is 0.648. The van der Waals surface area contributed by atoms with Gasteiger partial charge in [0.05, 0.1) is 6.42 Å². The van der Waals surface area contributed by atoms with E-state index in [-0.39, 0.29) is 24.7 Å². The molecule has 2 radical (unpaired) electrons. The van der Waals surface area contributed by atoms with E-state index in [1.807, 2.05) is 0 Å². The number of esters is 2. The van der Waals surface area contributed by atoms with E-state index in [2.05, 4.69) is 4.74 Å². The Morgan fingerprint density at radius 2 is 0.750 bits per heavy atom. The molecule has 0 atom stereocenters. The fraction of sp³-hybridized carbons (Fsp3) is 0.250. The monoisotopic (exact) mass is 498 g/mol. The van der Waals surface area contributed by atoms with Crippen molar-refractivity contribution in [1.29, 1.82) is 0 Å². The van der Waals surface area contributed by atoms with Crippen molar-refractivity contribution < 1.29 is 67.7 Å². The minimum atomic E-state index is -2.90. The third-order valence-electron chi connectivity index (χ3n) is 6.73. The molecule has 0 aromatic carbocycles. The van der Waals surface area contributed by atoms with Crippen molar-refractivity contribution in [2.24, 2.45) is 16.2 Å². The van der Waals surface area contributed by atoms with Crippen molar-refractivity contribution in [1.82, 2.24) is 19.2 Å². The fourth-order valence-corrected chi connectivity index (χ4v) is 4.55. The molecule has 5 heterocycles. The van der Waals surface area contributed by atoms with E-state index < -0.39 is 93.4 Å². The van der Waals surface area contributed by atoms with E-state index in [0.29, 0.717) is 15.1 Å². The zero-order valence-electron chi connectivity index (χ0n) is 17.0. The lowest BCUT2D eigenvalue weighted by atomic mass is 9.57. The average molecular weight is 498 g/mol. The Labute approximate surface area is 196 Å². The van der Waals surface area contributed by atoms with Crippen molar-refractivity contribution in [2.45, 2.75) is 6.42 Å². The van der Waals surface area contributed by atoms with Gasteiger partial charge in [-0.3, -0.25) is 47.9 Å². The van der Waals surface area contributed by atoms with Gasteiger partial charge in [0.2, 0.25) is 17.2 Å². The normalized spacial score (nSPS) is 26.2. The smallest absolute Gasteiger partial charge is 0.411 e. The van der Waals surface area contributed by atoms with Gasteiger partial charge in [-0.2, -0.15) is 0 Å². The van der Waals surface area contributed by atoms with Crippen LogP contribution in [0.2, 0.25) is 0 Å². The van der Waals surface area contributed by atoms with Crippen molar-refractivity contribution in [3.63, 3.8) is 0 Å². The van der Waals surface area contributed by atoms with Crippen molar-refractivity contribution in [2.75, 3.05) is 0 Å². The van der Waals surface area contributed by atoms with Crippen LogP contribution in [0.25, 0.3) is 0 Å². The molecule has 0 bridgehead atoms. The first kappa shape index (κ1) is 22.9. The number of nitrogens with zero attached hydrogens (tertiary/aromatic N) is 4. The molecule has 18 nitrogen and oxygen atoms in total. The van der Waals surface area contributed by atoms with Crippen LogP contribution >= 0.6 is 0 Å². The van der Waals surface area contributed by atoms with Crippen LogP contribution in [0.5, 0.6) is 0 Å². The molecule has 20 heteroatoms. The van der Waals surface area contributed by atoms with Gasteiger partial charge in [-0.05, 0) is 0 Å². The average Bonchev–Trinajstić information content (AvgIpc) is 2.79. The van der Waals surface area contributed by atoms with Gasteiger partial charge in [-0.25, -0.2) is 9.59 Å². The van der Waals surface area contributed by atoms with Crippen LogP contribution in [-0.2, 0) is 62.3 Å². The van der Waals surface area contributed by atoms with Gasteiger partial charge >= 0.3 is 32.5 Å². The molecule has 6 rings (SSSR count). The lowest BCUT2D eigenvalue weighted by Crippen LogP contribution is -2.89. The minimum Gasteiger partial charge on any atom is -0.412 e. The number of Topliss-reactive ketones (excluding diaryl/α,β-unsaturated/α-hetero) is 2. The van der Waals surface area contributed by atoms with E-state index in [4.69, 9.17) is 0 Å². The molecular formula is C16H4B2N4O14. The first-order valence-corrected chi connectivity index (χ1v) is 9.39. The Hall–Kier alpha value is -4.87. The van der Waals surface area contributed by atoms with Crippen LogP contribution in [0.4, 0.5) is 0 Å². The summed E-state index contributed by atoms with van der Waals surface area (Å²) in [5.74, 6) is -16.1. The molecular weight excluding hydrogens is 494 g/mol. The molecule has 178 valence electrons. The van der Waals surface area contributed by atoms with E-state index in [9.17, 15) is 57.5 Å². The summed E-state index contributed by atoms with van der Waals surface area (Å²) >= 11 is 0. The number of imide groups is 4. The maximum Gasteiger partial charge on any atom is 0.411 e. The minimum absolute atomic E-state index is 0. The van der Waals surface area contributed by atoms with Crippen LogP contribution in [0.15, 0.2) is 0 Å². The SMILES string of the molecule is O.O=C1CC(=O)C12C(=O)N([B]N1C(=O)C3(C1=O)C(=O)N([B]N1C(=O)C4(C(=O)OC4=O)C1=O)C3=O)C2=O. The molecule has 6 aliphatic rings. The van der Waals surface area contributed by atoms with Crippen LogP contribution < -0.4 is 0 Å². The third kappa shape index (κ3) is 1.74. The van der Waals surface area contributed by atoms with Gasteiger partial charge in [0, 0.05) is 0 Å². The molecule has 5 saturated heterocycles. The number of carbonyl (C=O) groups excluding carboxylic acids is 12. The number of β-lactam (4-membered cyclic amide) rings is 8. The summed E-state index contributed by atoms with van der Waals surface area (Å²) in [4.78, 5) is 145. The molecule has 3 spiro atoms. The summed E-state index contributed by atoms with van der Waals surface area (Å²) in [6, 6.07) is 0. The van der Waals surface area contributed by atoms with Crippen molar-refractivity contribution in [3.8, 4) is 0 Å². The first-order chi connectivity index (χ1) is 16.3. The molecule has 2 N–H and O–H groups in total. The number of ketones is 2. The Morgan fingerprint density at radius 3 is 1.03 bits per heavy atom. The van der Waals surface area contributed by atoms with Gasteiger partial charge in [0.25, 0.3) is 40.9 Å². The summed E-state index contributed by atoms with van der Waals surface area (Å²) in [6.45, 7) is 0. The van der Waals surface area contributed by atoms with Gasteiger partial charge in [0.1, 0.15) is 0 Å². The largest absolute Gasteiger partial charge is 0.412 e. The standard InChI is InChI=1S/C16H2B2N4O13.H2O/c23-2-1-3(24)14(2)4(25)19(5(14)26)17-20-6(27)15(7(20)28)8(29)21(9(15)30)18-22-10(31)16(11(22)32)12(33)35-13(16)34;/h1H2;1H2. The van der Waals surface area contributed by atoms with E-state index in [1.54, 1.807) is 0 Å². The molecule has 6 fully saturated rings. The molecule has 1 saturated carbocycles. The number of cyclic esters (lactones) is 2. The van der Waals surface area contributed by atoms with Crippen LogP contribution in [-0.4, -0.2) is 111 Å². The lowest BCUT2D eigenvalue weighted by Gasteiger charge is -2.56. The van der Waals surface area contributed by atoms with Crippen LogP contribution in [0, 0.1) is 16.2 Å². The summed E-state index contributed by atoms with van der Waals surface area (Å²) in [6.07, 6.45) is -0.621. The number of amides is 8. The Kier molecular flexibility index (Phi) is 3.83. The molecule has 0 unspecified atom stereocenters. The number of hydrogen-bond donors (Lipinski definition) is 0. The third-order valence-corrected chi connectivity index (χ3v) is 6.73. The predicted molar refractivity (Wildman–Crippen MR) is 95.6 cm³/mol. The second-order valence-electron chi connectivity index (χ2n) is 8.10. The summed E-state index contributed by atoms with van der Waals surface area (Å²) in [5.41, 5.74) is -8.08. The van der Waals surface area contributed by atoms with E-state index >= 15 is 0 Å². The second kappa shape index (κ2) is 6.03. The quantitative estimate of drug-likeness (QED) is 0.151. The highest BCUT2D eigenvalue weighted by Crippen LogP contribution is 2.49. The highest BCUT2D eigenvalue weighted by atomic mass is 16.6. The zero-order valence-corrected chi connectivity index (χ0v) is 17.0. The number of carbonyl (C=O) groups is 12. The zero-order chi connectivity index (χ0) is 25.6. The fourth-order valence-electron chi connectivity index (χ4n) is 4.55. The topological polar surface area (TPSA) is 259 Å². The molecule has 0 aromatic rings. The maximum absolute atomic E-state index is 12.5. The molecule has 1 aliphatic carbocycles. The Morgan fingerprint density at radius 1 is 0.472 bits per heavy atom. The second-order valence-corrected chi connectivity index (χ2v) is 8.10. The molecule has 0 aromatic heterocycles. The number of hydrogen-bond acceptors (Lipinski definition) is 13. The van der Waals surface area contributed by atoms with Gasteiger partial charge in [0.15, 0.2) is 11.6 Å². The number of rotatable bonds is 4. The molecule has 5 aliphatic heterocycles. The Bertz CT molecular complexity index is 1230. The Balaban J connectivity index is 0.00000267. The van der Waals surface area contributed by atoms with Crippen molar-refractivity contribution in [3.05, 3.63) is 0 Å². The van der Waals surface area contributed by atoms with Gasteiger partial charge in [-0.1, -0.05) is 0 Å². The van der Waals surface area contributed by atoms with Gasteiger partial charge in [-0.15, -0.1) is 0 Å². The van der Waals surface area contributed by atoms with Crippen LogP contribution in [0.3, 0.4) is 0 Å². The highest BCUT2D eigenvalue weighted by Gasteiger charge is 2.84. The lowest BCUT2D eigenvalue weighted by molar-refractivity contribution is -0.209. The van der Waals surface area contributed by atoms with Crippen molar-refractivity contribution >= 4 is 85.9 Å². The van der Waals surface area contributed by atoms with E-state index in [1.165, 1.54) is 0 Å². The first-order valence-electron chi connectivity index (χ1n) is 9.39. The highest BCUT2D eigenvalue weighted by molar-refractivity contribution is 6.71. The van der Waals surface area contributed by atoms with E-state index in [0.717, 1.165) is 0 Å². The predicted octanol–water partition coefficient (Wildman–Crippen LogP) is -7.71. The summed E-state index contributed by atoms with van der Waals surface area (Å²) in [5, 5.41) is 0.